The number of benzene rings is 1. The minimum Gasteiger partial charge on any atom is -0.380 e. The normalized spacial score (nSPS) is 11.8. The Morgan fingerprint density at radius 1 is 1.28 bits per heavy atom. The van der Waals surface area contributed by atoms with Crippen molar-refractivity contribution in [2.45, 2.75) is 18.1 Å². The first-order valence-corrected chi connectivity index (χ1v) is 7.37. The van der Waals surface area contributed by atoms with Crippen LogP contribution in [0, 0.1) is 6.92 Å². The van der Waals surface area contributed by atoms with Gasteiger partial charge < -0.3 is 14.8 Å². The quantitative estimate of drug-likeness (QED) is 0.794. The van der Waals surface area contributed by atoms with Crippen LogP contribution in [-0.2, 0) is 19.3 Å². The number of aryl methyl sites for hydroxylation is 1. The van der Waals surface area contributed by atoms with Gasteiger partial charge in [-0.15, -0.1) is 0 Å². The molecule has 0 aliphatic heterocycles. The number of anilines is 1. The number of hydrogen-bond donors (Lipinski definition) is 1. The lowest BCUT2D eigenvalue weighted by Crippen LogP contribution is -2.24. The molecule has 0 aliphatic carbocycles. The van der Waals surface area contributed by atoms with Gasteiger partial charge in [0.2, 0.25) is 0 Å². The third-order valence-corrected chi connectivity index (χ3v) is 3.73. The van der Waals surface area contributed by atoms with Gasteiger partial charge >= 0.3 is 0 Å². The SMILES string of the molecule is COC(CNc1cc(S(C)(=O)=O)ccc1C)OC. The van der Waals surface area contributed by atoms with Crippen molar-refractivity contribution < 1.29 is 17.9 Å². The third kappa shape index (κ3) is 3.97. The van der Waals surface area contributed by atoms with Gasteiger partial charge in [0.1, 0.15) is 0 Å². The second-order valence-electron chi connectivity index (χ2n) is 4.03. The number of ether oxygens (including phenoxy) is 2. The van der Waals surface area contributed by atoms with Crippen LogP contribution >= 0.6 is 0 Å². The maximum absolute atomic E-state index is 11.5. The molecule has 1 rings (SSSR count). The molecular formula is C12H19NO4S. The highest BCUT2D eigenvalue weighted by molar-refractivity contribution is 7.90. The highest BCUT2D eigenvalue weighted by Crippen LogP contribution is 2.20. The minimum absolute atomic E-state index is 0.294. The zero-order chi connectivity index (χ0) is 13.8. The Bertz CT molecular complexity index is 495. The number of hydrogen-bond acceptors (Lipinski definition) is 5. The van der Waals surface area contributed by atoms with Gasteiger partial charge in [-0.05, 0) is 24.6 Å². The van der Waals surface area contributed by atoms with E-state index in [1.807, 2.05) is 6.92 Å². The predicted octanol–water partition coefficient (Wildman–Crippen LogP) is 1.43. The molecule has 0 heterocycles. The van der Waals surface area contributed by atoms with E-state index in [1.165, 1.54) is 6.26 Å². The van der Waals surface area contributed by atoms with Gasteiger partial charge in [0, 0.05) is 26.2 Å². The smallest absolute Gasteiger partial charge is 0.175 e. The molecule has 0 fully saturated rings. The Balaban J connectivity index is 2.88. The largest absolute Gasteiger partial charge is 0.380 e. The molecule has 0 aromatic heterocycles. The molecule has 0 amide bonds. The van der Waals surface area contributed by atoms with E-state index in [0.717, 1.165) is 11.3 Å². The first-order valence-electron chi connectivity index (χ1n) is 5.48. The first-order chi connectivity index (χ1) is 8.38. The molecule has 5 nitrogen and oxygen atoms in total. The van der Waals surface area contributed by atoms with Gasteiger partial charge in [-0.3, -0.25) is 0 Å². The van der Waals surface area contributed by atoms with Crippen molar-refractivity contribution in [1.82, 2.24) is 0 Å². The molecule has 1 N–H and O–H groups in total. The summed E-state index contributed by atoms with van der Waals surface area (Å²) >= 11 is 0. The molecule has 0 unspecified atom stereocenters. The van der Waals surface area contributed by atoms with Crippen LogP contribution < -0.4 is 5.32 Å². The number of sulfone groups is 1. The van der Waals surface area contributed by atoms with Crippen LogP contribution in [0.25, 0.3) is 0 Å². The molecular weight excluding hydrogens is 254 g/mol. The zero-order valence-corrected chi connectivity index (χ0v) is 11.9. The van der Waals surface area contributed by atoms with Gasteiger partial charge in [-0.25, -0.2) is 8.42 Å². The van der Waals surface area contributed by atoms with Crippen LogP contribution in [0.4, 0.5) is 5.69 Å². The second-order valence-corrected chi connectivity index (χ2v) is 6.05. The Labute approximate surface area is 108 Å². The maximum Gasteiger partial charge on any atom is 0.175 e. The molecule has 0 radical (unpaired) electrons. The van der Waals surface area contributed by atoms with Crippen LogP contribution in [0.3, 0.4) is 0 Å². The molecule has 1 aromatic rings. The van der Waals surface area contributed by atoms with Crippen LogP contribution in [0.5, 0.6) is 0 Å². The summed E-state index contributed by atoms with van der Waals surface area (Å²) in [5.41, 5.74) is 1.73. The minimum atomic E-state index is -3.19. The number of nitrogens with one attached hydrogen (secondary N) is 1. The summed E-state index contributed by atoms with van der Waals surface area (Å²) in [6.45, 7) is 2.35. The lowest BCUT2D eigenvalue weighted by atomic mass is 10.2. The summed E-state index contributed by atoms with van der Waals surface area (Å²) in [6, 6.07) is 4.99. The lowest BCUT2D eigenvalue weighted by Gasteiger charge is -2.16. The second kappa shape index (κ2) is 6.17. The van der Waals surface area contributed by atoms with Crippen LogP contribution in [0.1, 0.15) is 5.56 Å². The van der Waals surface area contributed by atoms with Crippen molar-refractivity contribution in [3.8, 4) is 0 Å². The predicted molar refractivity (Wildman–Crippen MR) is 70.6 cm³/mol. The molecule has 0 atom stereocenters. The molecule has 6 heteroatoms. The van der Waals surface area contributed by atoms with Crippen LogP contribution in [-0.4, -0.2) is 41.7 Å². The van der Waals surface area contributed by atoms with Crippen LogP contribution in [0.2, 0.25) is 0 Å². The van der Waals surface area contributed by atoms with Crippen molar-refractivity contribution in [1.29, 1.82) is 0 Å². The Hall–Kier alpha value is -1.11. The standard InChI is InChI=1S/C12H19NO4S/c1-9-5-6-10(18(4,14)15)7-11(9)13-8-12(16-2)17-3/h5-7,12-13H,8H2,1-4H3. The summed E-state index contributed by atoms with van der Waals surface area (Å²) in [6.07, 6.45) is 0.820. The summed E-state index contributed by atoms with van der Waals surface area (Å²) in [5.74, 6) is 0. The fourth-order valence-corrected chi connectivity index (χ4v) is 2.13. The molecule has 0 aliphatic rings. The van der Waals surface area contributed by atoms with Gasteiger partial charge in [0.15, 0.2) is 16.1 Å². The zero-order valence-electron chi connectivity index (χ0n) is 11.1. The van der Waals surface area contributed by atoms with Crippen molar-refractivity contribution in [2.75, 3.05) is 32.3 Å². The highest BCUT2D eigenvalue weighted by atomic mass is 32.2. The molecule has 18 heavy (non-hydrogen) atoms. The van der Waals surface area contributed by atoms with Gasteiger partial charge in [-0.1, -0.05) is 6.07 Å². The summed E-state index contributed by atoms with van der Waals surface area (Å²) in [7, 11) is -0.0918. The van der Waals surface area contributed by atoms with Crippen LogP contribution in [0.15, 0.2) is 23.1 Å². The van der Waals surface area contributed by atoms with Crippen molar-refractivity contribution in [2.24, 2.45) is 0 Å². The molecule has 0 saturated heterocycles. The Morgan fingerprint density at radius 2 is 1.89 bits per heavy atom. The van der Waals surface area contributed by atoms with E-state index in [4.69, 9.17) is 9.47 Å². The average Bonchev–Trinajstić information content (AvgIpc) is 2.31. The van der Waals surface area contributed by atoms with Gasteiger partial charge in [0.05, 0.1) is 11.4 Å². The summed E-state index contributed by atoms with van der Waals surface area (Å²) < 4.78 is 33.1. The van der Waals surface area contributed by atoms with Crippen molar-refractivity contribution in [3.05, 3.63) is 23.8 Å². The van der Waals surface area contributed by atoms with E-state index in [-0.39, 0.29) is 6.29 Å². The molecule has 102 valence electrons. The first kappa shape index (κ1) is 14.9. The molecule has 0 spiro atoms. The van der Waals surface area contributed by atoms with Gasteiger partial charge in [-0.2, -0.15) is 0 Å². The number of methoxy groups -OCH3 is 2. The third-order valence-electron chi connectivity index (χ3n) is 2.62. The van der Waals surface area contributed by atoms with Gasteiger partial charge in [0.25, 0.3) is 0 Å². The van der Waals surface area contributed by atoms with E-state index >= 15 is 0 Å². The molecule has 0 bridgehead atoms. The Morgan fingerprint density at radius 3 is 2.39 bits per heavy atom. The lowest BCUT2D eigenvalue weighted by molar-refractivity contribution is -0.0914. The molecule has 0 saturated carbocycles. The maximum atomic E-state index is 11.5. The number of rotatable bonds is 6. The average molecular weight is 273 g/mol. The monoisotopic (exact) mass is 273 g/mol. The summed E-state index contributed by atoms with van der Waals surface area (Å²) in [4.78, 5) is 0.294. The Kier molecular flexibility index (Phi) is 5.13. The van der Waals surface area contributed by atoms with Crippen molar-refractivity contribution in [3.63, 3.8) is 0 Å². The summed E-state index contributed by atoms with van der Waals surface area (Å²) in [5, 5.41) is 3.11. The van der Waals surface area contributed by atoms with E-state index < -0.39 is 9.84 Å². The van der Waals surface area contributed by atoms with E-state index in [9.17, 15) is 8.42 Å². The van der Waals surface area contributed by atoms with E-state index in [1.54, 1.807) is 32.4 Å². The topological polar surface area (TPSA) is 64.6 Å². The highest BCUT2D eigenvalue weighted by Gasteiger charge is 2.10. The fraction of sp³-hybridized carbons (Fsp3) is 0.500. The van der Waals surface area contributed by atoms with Crippen molar-refractivity contribution >= 4 is 15.5 Å². The van der Waals surface area contributed by atoms with E-state index in [2.05, 4.69) is 5.32 Å². The fourth-order valence-electron chi connectivity index (χ4n) is 1.48. The van der Waals surface area contributed by atoms with E-state index in [0.29, 0.717) is 11.4 Å². The molecule has 1 aromatic carbocycles.